The minimum atomic E-state index is -0.948. The van der Waals surface area contributed by atoms with Crippen molar-refractivity contribution >= 4 is 5.91 Å². The van der Waals surface area contributed by atoms with Gasteiger partial charge in [-0.2, -0.15) is 0 Å². The smallest absolute Gasteiger partial charge is 0.261 e. The molecule has 122 valence electrons. The molecule has 2 rings (SSSR count). The van der Waals surface area contributed by atoms with Crippen molar-refractivity contribution in [1.82, 2.24) is 9.80 Å². The van der Waals surface area contributed by atoms with Crippen molar-refractivity contribution in [3.05, 3.63) is 5.56 Å². The molecule has 1 aromatic carbocycles. The predicted octanol–water partition coefficient (Wildman–Crippen LogP) is 0.0514. The van der Waals surface area contributed by atoms with Gasteiger partial charge in [-0.1, -0.05) is 0 Å². The number of amides is 1. The van der Waals surface area contributed by atoms with Crippen LogP contribution in [0.25, 0.3) is 0 Å². The molecular formula is C13H18N2O7. The van der Waals surface area contributed by atoms with Gasteiger partial charge in [0, 0.05) is 26.2 Å². The van der Waals surface area contributed by atoms with Crippen LogP contribution < -0.4 is 9.62 Å². The summed E-state index contributed by atoms with van der Waals surface area (Å²) in [6, 6.07) is 0. The fourth-order valence-electron chi connectivity index (χ4n) is 2.32. The van der Waals surface area contributed by atoms with Gasteiger partial charge in [0.15, 0.2) is 5.75 Å². The Hall–Kier alpha value is -2.39. The number of phenolic OH excluding ortho intramolecular Hbond substituents is 3. The van der Waals surface area contributed by atoms with Crippen LogP contribution in [0.5, 0.6) is 28.7 Å². The Labute approximate surface area is 126 Å². The van der Waals surface area contributed by atoms with Gasteiger partial charge in [0.1, 0.15) is 5.56 Å². The number of hydrogen-bond acceptors (Lipinski definition) is 8. The van der Waals surface area contributed by atoms with Gasteiger partial charge >= 0.3 is 0 Å². The van der Waals surface area contributed by atoms with E-state index in [1.165, 1.54) is 12.0 Å². The molecule has 0 spiro atoms. The summed E-state index contributed by atoms with van der Waals surface area (Å²) in [5, 5.41) is 38.1. The largest absolute Gasteiger partial charge is 0.502 e. The lowest BCUT2D eigenvalue weighted by Gasteiger charge is -2.33. The Morgan fingerprint density at radius 3 is 2.05 bits per heavy atom. The molecule has 1 heterocycles. The third-order valence-corrected chi connectivity index (χ3v) is 3.63. The highest BCUT2D eigenvalue weighted by atomic mass is 17.1. The lowest BCUT2D eigenvalue weighted by molar-refractivity contribution is -0.139. The number of nitrogens with zero attached hydrogens (tertiary/aromatic N) is 2. The molecule has 1 aliphatic heterocycles. The summed E-state index contributed by atoms with van der Waals surface area (Å²) in [6.45, 7) is 2.15. The third-order valence-electron chi connectivity index (χ3n) is 3.63. The normalized spacial score (nSPS) is 15.7. The number of aromatic hydroxyl groups is 3. The summed E-state index contributed by atoms with van der Waals surface area (Å²) in [5.41, 5.74) is -0.359. The highest BCUT2D eigenvalue weighted by molar-refractivity contribution is 6.02. The number of ether oxygens (including phenoxy) is 1. The van der Waals surface area contributed by atoms with Crippen molar-refractivity contribution in [2.45, 2.75) is 0 Å². The summed E-state index contributed by atoms with van der Waals surface area (Å²) >= 11 is 0. The van der Waals surface area contributed by atoms with Gasteiger partial charge in [0.05, 0.1) is 7.11 Å². The zero-order valence-corrected chi connectivity index (χ0v) is 12.2. The number of methoxy groups -OCH3 is 1. The maximum absolute atomic E-state index is 12.6. The standard InChI is InChI=1S/C13H18N2O7/c1-14-3-5-15(6-4-14)13(19)7-11(21-2)9(17)8(16)10(18)12(7)22-20/h16-18,20H,3-6H2,1-2H3. The van der Waals surface area contributed by atoms with Crippen molar-refractivity contribution in [2.75, 3.05) is 40.3 Å². The van der Waals surface area contributed by atoms with E-state index in [1.807, 2.05) is 11.9 Å². The van der Waals surface area contributed by atoms with E-state index < -0.39 is 28.9 Å². The number of carbonyl (C=O) groups is 1. The Balaban J connectivity index is 2.51. The predicted molar refractivity (Wildman–Crippen MR) is 74.6 cm³/mol. The molecule has 1 aliphatic rings. The minimum absolute atomic E-state index is 0.359. The van der Waals surface area contributed by atoms with Crippen LogP contribution in [-0.2, 0) is 0 Å². The molecule has 1 fully saturated rings. The highest BCUT2D eigenvalue weighted by Crippen LogP contribution is 2.51. The second-order valence-electron chi connectivity index (χ2n) is 4.97. The number of rotatable bonds is 3. The number of piperazine rings is 1. The molecule has 0 atom stereocenters. The van der Waals surface area contributed by atoms with E-state index >= 15 is 0 Å². The number of hydrogen-bond donors (Lipinski definition) is 4. The van der Waals surface area contributed by atoms with Crippen LogP contribution in [-0.4, -0.2) is 76.6 Å². The highest BCUT2D eigenvalue weighted by Gasteiger charge is 2.33. The molecule has 1 amide bonds. The van der Waals surface area contributed by atoms with Crippen LogP contribution >= 0.6 is 0 Å². The van der Waals surface area contributed by atoms with E-state index in [-0.39, 0.29) is 11.3 Å². The van der Waals surface area contributed by atoms with Gasteiger partial charge in [0.2, 0.25) is 23.0 Å². The molecular weight excluding hydrogens is 296 g/mol. The quantitative estimate of drug-likeness (QED) is 0.351. The van der Waals surface area contributed by atoms with Crippen LogP contribution in [0.1, 0.15) is 10.4 Å². The van der Waals surface area contributed by atoms with E-state index in [0.29, 0.717) is 26.2 Å². The van der Waals surface area contributed by atoms with Gasteiger partial charge in [-0.05, 0) is 7.05 Å². The van der Waals surface area contributed by atoms with Crippen LogP contribution in [0.3, 0.4) is 0 Å². The van der Waals surface area contributed by atoms with E-state index in [9.17, 15) is 20.1 Å². The Morgan fingerprint density at radius 1 is 1.00 bits per heavy atom. The summed E-state index contributed by atoms with van der Waals surface area (Å²) in [5.74, 6) is -4.36. The van der Waals surface area contributed by atoms with Crippen molar-refractivity contribution < 1.29 is 35.0 Å². The Bertz CT molecular complexity index is 551. The number of phenols is 3. The van der Waals surface area contributed by atoms with Gasteiger partial charge in [0.25, 0.3) is 5.91 Å². The first-order valence-electron chi connectivity index (χ1n) is 6.56. The number of benzene rings is 1. The molecule has 1 aromatic rings. The van der Waals surface area contributed by atoms with E-state index in [4.69, 9.17) is 9.99 Å². The SMILES string of the molecule is COc1c(O)c(O)c(O)c(OO)c1C(=O)N1CCN(C)CC1. The van der Waals surface area contributed by atoms with Crippen molar-refractivity contribution in [3.8, 4) is 28.7 Å². The molecule has 0 aliphatic carbocycles. The van der Waals surface area contributed by atoms with Crippen molar-refractivity contribution in [1.29, 1.82) is 0 Å². The van der Waals surface area contributed by atoms with Crippen molar-refractivity contribution in [2.24, 2.45) is 0 Å². The van der Waals surface area contributed by atoms with E-state index in [2.05, 4.69) is 4.89 Å². The zero-order valence-electron chi connectivity index (χ0n) is 12.2. The summed E-state index contributed by atoms with van der Waals surface area (Å²) in [4.78, 5) is 20.1. The van der Waals surface area contributed by atoms with Crippen molar-refractivity contribution in [3.63, 3.8) is 0 Å². The summed E-state index contributed by atoms with van der Waals surface area (Å²) < 4.78 is 4.92. The second kappa shape index (κ2) is 6.16. The molecule has 0 aromatic heterocycles. The molecule has 4 N–H and O–H groups in total. The van der Waals surface area contributed by atoms with Gasteiger partial charge < -0.3 is 34.7 Å². The topological polar surface area (TPSA) is 123 Å². The average molecular weight is 314 g/mol. The number of carbonyl (C=O) groups excluding carboxylic acids is 1. The average Bonchev–Trinajstić information content (AvgIpc) is 2.52. The van der Waals surface area contributed by atoms with Gasteiger partial charge in [-0.3, -0.25) is 4.79 Å². The van der Waals surface area contributed by atoms with E-state index in [1.54, 1.807) is 0 Å². The Kier molecular flexibility index (Phi) is 4.48. The maximum atomic E-state index is 12.6. The molecule has 9 heteroatoms. The lowest BCUT2D eigenvalue weighted by Crippen LogP contribution is -2.47. The monoisotopic (exact) mass is 314 g/mol. The molecule has 22 heavy (non-hydrogen) atoms. The molecule has 0 saturated carbocycles. The maximum Gasteiger partial charge on any atom is 0.261 e. The lowest BCUT2D eigenvalue weighted by atomic mass is 10.1. The fourth-order valence-corrected chi connectivity index (χ4v) is 2.32. The van der Waals surface area contributed by atoms with Crippen LogP contribution in [0, 0.1) is 0 Å². The fraction of sp³-hybridized carbons (Fsp3) is 0.462. The van der Waals surface area contributed by atoms with Gasteiger partial charge in [-0.15, -0.1) is 0 Å². The first-order valence-corrected chi connectivity index (χ1v) is 6.56. The Morgan fingerprint density at radius 2 is 1.55 bits per heavy atom. The third kappa shape index (κ3) is 2.55. The molecule has 1 saturated heterocycles. The first-order chi connectivity index (χ1) is 10.4. The molecule has 0 unspecified atom stereocenters. The van der Waals surface area contributed by atoms with Crippen LogP contribution in [0.15, 0.2) is 0 Å². The molecule has 0 radical (unpaired) electrons. The summed E-state index contributed by atoms with van der Waals surface area (Å²) in [6.07, 6.45) is 0. The molecule has 0 bridgehead atoms. The number of likely N-dealkylation sites (N-methyl/N-ethyl adjacent to an activating group) is 1. The minimum Gasteiger partial charge on any atom is -0.502 e. The summed E-state index contributed by atoms with van der Waals surface area (Å²) in [7, 11) is 3.09. The zero-order chi connectivity index (χ0) is 16.4. The van der Waals surface area contributed by atoms with Gasteiger partial charge in [-0.25, -0.2) is 5.26 Å². The first kappa shape index (κ1) is 16.0. The van der Waals surface area contributed by atoms with Crippen LogP contribution in [0.2, 0.25) is 0 Å². The second-order valence-corrected chi connectivity index (χ2v) is 4.97. The van der Waals surface area contributed by atoms with E-state index in [0.717, 1.165) is 0 Å². The van der Waals surface area contributed by atoms with Crippen LogP contribution in [0.4, 0.5) is 0 Å². The molecule has 9 nitrogen and oxygen atoms in total.